The van der Waals surface area contributed by atoms with Crippen LogP contribution in [0.2, 0.25) is 0 Å². The third-order valence-corrected chi connectivity index (χ3v) is 4.35. The van der Waals surface area contributed by atoms with E-state index in [-0.39, 0.29) is 5.92 Å². The van der Waals surface area contributed by atoms with Crippen LogP contribution in [0.3, 0.4) is 0 Å². The van der Waals surface area contributed by atoms with Crippen molar-refractivity contribution in [2.75, 3.05) is 6.54 Å². The Kier molecular flexibility index (Phi) is 5.00. The molecule has 2 aliphatic rings. The second-order valence-corrected chi connectivity index (χ2v) is 6.81. The van der Waals surface area contributed by atoms with Crippen molar-refractivity contribution >= 4 is 29.8 Å². The summed E-state index contributed by atoms with van der Waals surface area (Å²) in [6.45, 7) is 4.24. The van der Waals surface area contributed by atoms with Gasteiger partial charge in [0.15, 0.2) is 6.10 Å². The number of hydrogen-bond donors (Lipinski definition) is 3. The summed E-state index contributed by atoms with van der Waals surface area (Å²) in [5, 5.41) is 4.45. The van der Waals surface area contributed by atoms with Crippen molar-refractivity contribution < 1.29 is 28.7 Å². The van der Waals surface area contributed by atoms with Gasteiger partial charge in [0.25, 0.3) is 11.8 Å². The van der Waals surface area contributed by atoms with Crippen molar-refractivity contribution in [2.24, 2.45) is 17.6 Å². The van der Waals surface area contributed by atoms with E-state index in [1.807, 2.05) is 5.32 Å². The number of imide groups is 2. The van der Waals surface area contributed by atoms with E-state index in [2.05, 4.69) is 5.32 Å². The first-order valence-corrected chi connectivity index (χ1v) is 8.00. The van der Waals surface area contributed by atoms with Gasteiger partial charge in [-0.1, -0.05) is 13.8 Å². The number of carbonyl (C=O) groups excluding carboxylic acids is 5. The number of esters is 1. The molecule has 0 radical (unpaired) electrons. The first kappa shape index (κ1) is 18.7. The van der Waals surface area contributed by atoms with Crippen LogP contribution in [0, 0.1) is 11.8 Å². The Morgan fingerprint density at radius 3 is 2.44 bits per heavy atom. The minimum Gasteiger partial charge on any atom is -0.451 e. The summed E-state index contributed by atoms with van der Waals surface area (Å²) in [5.41, 5.74) is 3.88. The molecular weight excluding hydrogens is 332 g/mol. The van der Waals surface area contributed by atoms with Crippen molar-refractivity contribution in [3.8, 4) is 0 Å². The van der Waals surface area contributed by atoms with Gasteiger partial charge in [-0.25, -0.2) is 9.59 Å². The van der Waals surface area contributed by atoms with Crippen molar-refractivity contribution in [1.82, 2.24) is 15.5 Å². The summed E-state index contributed by atoms with van der Waals surface area (Å²) < 4.78 is 5.04. The lowest BCUT2D eigenvalue weighted by Gasteiger charge is -2.22. The van der Waals surface area contributed by atoms with Crippen molar-refractivity contribution in [3.05, 3.63) is 0 Å². The average molecular weight is 354 g/mol. The van der Waals surface area contributed by atoms with Crippen LogP contribution in [0.5, 0.6) is 0 Å². The standard InChI is InChI=1S/C15H22N4O6/c1-7(2)10(11(21)17-13(16)23)25-9(20)6-19-12(22)15(3,8-4-5-8)18-14(19)24/h7-8,10H,4-6H2,1-3H3,(H,18,24)(H3,16,17,21,23)/t10-,15-/m1/s1. The van der Waals surface area contributed by atoms with Gasteiger partial charge >= 0.3 is 18.0 Å². The summed E-state index contributed by atoms with van der Waals surface area (Å²) in [7, 11) is 0. The number of rotatable bonds is 6. The van der Waals surface area contributed by atoms with E-state index in [9.17, 15) is 24.0 Å². The van der Waals surface area contributed by atoms with Crippen molar-refractivity contribution in [1.29, 1.82) is 0 Å². The maximum Gasteiger partial charge on any atom is 0.327 e. The monoisotopic (exact) mass is 354 g/mol. The number of nitrogens with two attached hydrogens (primary N) is 1. The number of nitrogens with zero attached hydrogens (tertiary/aromatic N) is 1. The van der Waals surface area contributed by atoms with E-state index in [1.165, 1.54) is 0 Å². The second kappa shape index (κ2) is 6.69. The van der Waals surface area contributed by atoms with Gasteiger partial charge in [0.1, 0.15) is 12.1 Å². The van der Waals surface area contributed by atoms with Gasteiger partial charge in [0.05, 0.1) is 0 Å². The minimum atomic E-state index is -1.27. The number of carbonyl (C=O) groups is 5. The number of primary amides is 1. The van der Waals surface area contributed by atoms with E-state index in [0.717, 1.165) is 17.7 Å². The molecule has 138 valence electrons. The fourth-order valence-corrected chi connectivity index (χ4v) is 2.79. The second-order valence-electron chi connectivity index (χ2n) is 6.81. The van der Waals surface area contributed by atoms with E-state index in [0.29, 0.717) is 0 Å². The fourth-order valence-electron chi connectivity index (χ4n) is 2.79. The van der Waals surface area contributed by atoms with E-state index in [4.69, 9.17) is 10.5 Å². The number of urea groups is 2. The predicted octanol–water partition coefficient (Wildman–Crippen LogP) is -0.530. The molecule has 4 N–H and O–H groups in total. The molecular formula is C15H22N4O6. The maximum atomic E-state index is 12.4. The Balaban J connectivity index is 2.00. The van der Waals surface area contributed by atoms with E-state index in [1.54, 1.807) is 20.8 Å². The van der Waals surface area contributed by atoms with Crippen LogP contribution in [0.4, 0.5) is 9.59 Å². The molecule has 2 fully saturated rings. The molecule has 10 nitrogen and oxygen atoms in total. The molecule has 2 rings (SSSR count). The molecule has 0 aromatic heterocycles. The molecule has 0 bridgehead atoms. The van der Waals surface area contributed by atoms with Crippen LogP contribution in [-0.2, 0) is 19.1 Å². The number of hydrogen-bond acceptors (Lipinski definition) is 6. The highest BCUT2D eigenvalue weighted by molar-refractivity contribution is 6.09. The summed E-state index contributed by atoms with van der Waals surface area (Å²) in [4.78, 5) is 60.0. The quantitative estimate of drug-likeness (QED) is 0.431. The molecule has 10 heteroatoms. The van der Waals surface area contributed by atoms with Gasteiger partial charge in [-0.2, -0.15) is 0 Å². The van der Waals surface area contributed by atoms with Crippen molar-refractivity contribution in [2.45, 2.75) is 45.3 Å². The van der Waals surface area contributed by atoms with Crippen LogP contribution in [0.15, 0.2) is 0 Å². The zero-order chi connectivity index (χ0) is 18.9. The topological polar surface area (TPSA) is 148 Å². The van der Waals surface area contributed by atoms with E-state index < -0.39 is 54.0 Å². The van der Waals surface area contributed by atoms with Crippen LogP contribution < -0.4 is 16.4 Å². The summed E-state index contributed by atoms with van der Waals surface area (Å²) >= 11 is 0. The van der Waals surface area contributed by atoms with Crippen LogP contribution in [-0.4, -0.2) is 52.9 Å². The molecule has 0 unspecified atom stereocenters. The summed E-state index contributed by atoms with van der Waals surface area (Å²) in [6.07, 6.45) is 0.406. The van der Waals surface area contributed by atoms with Gasteiger partial charge in [-0.05, 0) is 31.6 Å². The first-order chi connectivity index (χ1) is 11.6. The molecule has 0 aromatic rings. The Morgan fingerprint density at radius 2 is 1.96 bits per heavy atom. The lowest BCUT2D eigenvalue weighted by atomic mass is 9.96. The summed E-state index contributed by atoms with van der Waals surface area (Å²) in [5.74, 6) is -2.66. The van der Waals surface area contributed by atoms with Gasteiger partial charge in [0.2, 0.25) is 0 Å². The molecule has 1 aliphatic heterocycles. The van der Waals surface area contributed by atoms with E-state index >= 15 is 0 Å². The molecule has 6 amide bonds. The lowest BCUT2D eigenvalue weighted by molar-refractivity contribution is -0.159. The lowest BCUT2D eigenvalue weighted by Crippen LogP contribution is -2.48. The van der Waals surface area contributed by atoms with Crippen LogP contribution >= 0.6 is 0 Å². The third-order valence-electron chi connectivity index (χ3n) is 4.35. The predicted molar refractivity (Wildman–Crippen MR) is 83.8 cm³/mol. The van der Waals surface area contributed by atoms with Gasteiger partial charge in [-0.3, -0.25) is 24.6 Å². The number of nitrogens with one attached hydrogen (secondary N) is 2. The Morgan fingerprint density at radius 1 is 1.36 bits per heavy atom. The first-order valence-electron chi connectivity index (χ1n) is 8.00. The average Bonchev–Trinajstić information content (AvgIpc) is 3.30. The van der Waals surface area contributed by atoms with Gasteiger partial charge in [0, 0.05) is 0 Å². The highest BCUT2D eigenvalue weighted by Crippen LogP contribution is 2.42. The Bertz CT molecular complexity index is 630. The number of ether oxygens (including phenoxy) is 1. The minimum absolute atomic E-state index is 0.0646. The third kappa shape index (κ3) is 3.89. The molecule has 2 atom stereocenters. The van der Waals surface area contributed by atoms with Gasteiger partial charge in [-0.15, -0.1) is 0 Å². The Hall–Kier alpha value is -2.65. The molecule has 0 aromatic carbocycles. The molecule has 1 heterocycles. The fraction of sp³-hybridized carbons (Fsp3) is 0.667. The van der Waals surface area contributed by atoms with Gasteiger partial charge < -0.3 is 15.8 Å². The van der Waals surface area contributed by atoms with Crippen molar-refractivity contribution in [3.63, 3.8) is 0 Å². The summed E-state index contributed by atoms with van der Waals surface area (Å²) in [6, 6.07) is -1.74. The highest BCUT2D eigenvalue weighted by Gasteiger charge is 2.56. The molecule has 1 aliphatic carbocycles. The molecule has 0 spiro atoms. The highest BCUT2D eigenvalue weighted by atomic mass is 16.5. The molecule has 1 saturated carbocycles. The zero-order valence-electron chi connectivity index (χ0n) is 14.3. The van der Waals surface area contributed by atoms with Crippen LogP contribution in [0.25, 0.3) is 0 Å². The molecule has 25 heavy (non-hydrogen) atoms. The van der Waals surface area contributed by atoms with Crippen LogP contribution in [0.1, 0.15) is 33.6 Å². The maximum absolute atomic E-state index is 12.4. The smallest absolute Gasteiger partial charge is 0.327 e. The number of amides is 6. The Labute approximate surface area is 144 Å². The zero-order valence-corrected chi connectivity index (χ0v) is 14.3. The SMILES string of the molecule is CC(C)[C@@H](OC(=O)CN1C(=O)N[C@](C)(C2CC2)C1=O)C(=O)NC(N)=O. The molecule has 1 saturated heterocycles. The normalized spacial score (nSPS) is 24.1. The largest absolute Gasteiger partial charge is 0.451 e.